The Labute approximate surface area is 129 Å². The number of halogens is 1. The van der Waals surface area contributed by atoms with Crippen LogP contribution in [0.3, 0.4) is 0 Å². The first-order chi connectivity index (χ1) is 10.2. The number of hydrogen-bond donors (Lipinski definition) is 1. The summed E-state index contributed by atoms with van der Waals surface area (Å²) in [5.41, 5.74) is 0.860. The van der Waals surface area contributed by atoms with E-state index in [4.69, 9.17) is 0 Å². The minimum atomic E-state index is -0.0555. The molecule has 1 fully saturated rings. The summed E-state index contributed by atoms with van der Waals surface area (Å²) < 4.78 is 13.9. The molecule has 1 aliphatic carbocycles. The molecule has 2 heteroatoms. The van der Waals surface area contributed by atoms with Crippen molar-refractivity contribution in [2.24, 2.45) is 11.8 Å². The fourth-order valence-electron chi connectivity index (χ4n) is 3.86. The lowest BCUT2D eigenvalue weighted by Crippen LogP contribution is -2.40. The van der Waals surface area contributed by atoms with Gasteiger partial charge in [0.15, 0.2) is 0 Å². The molecule has 0 aromatic heterocycles. The van der Waals surface area contributed by atoms with E-state index in [0.717, 1.165) is 24.4 Å². The first-order valence-electron chi connectivity index (χ1n) is 8.71. The monoisotopic (exact) mass is 291 g/mol. The number of rotatable bonds is 7. The molecule has 1 saturated carbocycles. The average molecular weight is 291 g/mol. The largest absolute Gasteiger partial charge is 0.314 e. The fourth-order valence-corrected chi connectivity index (χ4v) is 3.86. The molecule has 0 amide bonds. The van der Waals surface area contributed by atoms with Gasteiger partial charge in [-0.25, -0.2) is 4.39 Å². The van der Waals surface area contributed by atoms with Crippen molar-refractivity contribution in [3.63, 3.8) is 0 Å². The minimum absolute atomic E-state index is 0.0555. The third kappa shape index (κ3) is 4.81. The Morgan fingerprint density at radius 2 is 1.86 bits per heavy atom. The van der Waals surface area contributed by atoms with E-state index in [1.165, 1.54) is 38.5 Å². The van der Waals surface area contributed by atoms with Gasteiger partial charge in [0.1, 0.15) is 5.82 Å². The third-order valence-corrected chi connectivity index (χ3v) is 5.02. The molecule has 21 heavy (non-hydrogen) atoms. The normalized spacial score (nSPS) is 24.0. The van der Waals surface area contributed by atoms with E-state index < -0.39 is 0 Å². The van der Waals surface area contributed by atoms with Crippen LogP contribution in [0, 0.1) is 17.7 Å². The Hall–Kier alpha value is -0.890. The smallest absolute Gasteiger partial charge is 0.126 e. The molecule has 0 spiro atoms. The second kappa shape index (κ2) is 8.53. The van der Waals surface area contributed by atoms with E-state index in [2.05, 4.69) is 19.2 Å². The Kier molecular flexibility index (Phi) is 6.69. The molecule has 118 valence electrons. The van der Waals surface area contributed by atoms with Gasteiger partial charge >= 0.3 is 0 Å². The summed E-state index contributed by atoms with van der Waals surface area (Å²) in [5, 5.41) is 3.61. The summed E-state index contributed by atoms with van der Waals surface area (Å²) in [6.07, 6.45) is 8.83. The molecule has 1 aromatic rings. The summed E-state index contributed by atoms with van der Waals surface area (Å²) >= 11 is 0. The second-order valence-corrected chi connectivity index (χ2v) is 6.53. The van der Waals surface area contributed by atoms with Crippen LogP contribution in [0.25, 0.3) is 0 Å². The van der Waals surface area contributed by atoms with Crippen LogP contribution in [0.4, 0.5) is 4.39 Å². The molecule has 1 aromatic carbocycles. The Morgan fingerprint density at radius 1 is 1.14 bits per heavy atom. The van der Waals surface area contributed by atoms with E-state index in [9.17, 15) is 4.39 Å². The summed E-state index contributed by atoms with van der Waals surface area (Å²) in [5.74, 6) is 1.58. The number of nitrogens with one attached hydrogen (secondary N) is 1. The maximum atomic E-state index is 13.9. The number of likely N-dealkylation sites (N-methyl/N-ethyl adjacent to an activating group) is 1. The van der Waals surface area contributed by atoms with Gasteiger partial charge in [-0.2, -0.15) is 0 Å². The SMILES string of the molecule is CCCC1CCC(C(Cc2ccccc2F)NCC)CC1. The lowest BCUT2D eigenvalue weighted by atomic mass is 9.76. The predicted molar refractivity (Wildman–Crippen MR) is 87.9 cm³/mol. The van der Waals surface area contributed by atoms with Crippen LogP contribution < -0.4 is 5.32 Å². The molecule has 0 radical (unpaired) electrons. The van der Waals surface area contributed by atoms with E-state index in [1.54, 1.807) is 12.1 Å². The standard InChI is InChI=1S/C19H30FN/c1-3-7-15-10-12-16(13-11-15)19(21-4-2)14-17-8-5-6-9-18(17)20/h5-6,8-9,15-16,19,21H,3-4,7,10-14H2,1-2H3. The van der Waals surface area contributed by atoms with Crippen LogP contribution in [-0.4, -0.2) is 12.6 Å². The molecule has 1 N–H and O–H groups in total. The minimum Gasteiger partial charge on any atom is -0.314 e. The first kappa shape index (κ1) is 16.5. The number of benzene rings is 1. The zero-order chi connectivity index (χ0) is 15.1. The van der Waals surface area contributed by atoms with Crippen LogP contribution >= 0.6 is 0 Å². The van der Waals surface area contributed by atoms with Crippen LogP contribution in [0.15, 0.2) is 24.3 Å². The molecule has 0 bridgehead atoms. The van der Waals surface area contributed by atoms with Gasteiger partial charge in [0.2, 0.25) is 0 Å². The highest BCUT2D eigenvalue weighted by molar-refractivity contribution is 5.18. The maximum absolute atomic E-state index is 13.9. The molecule has 1 unspecified atom stereocenters. The second-order valence-electron chi connectivity index (χ2n) is 6.53. The molecule has 1 nitrogen and oxygen atoms in total. The molecule has 1 aliphatic rings. The highest BCUT2D eigenvalue weighted by Crippen LogP contribution is 2.34. The topological polar surface area (TPSA) is 12.0 Å². The third-order valence-electron chi connectivity index (χ3n) is 5.02. The van der Waals surface area contributed by atoms with Crippen molar-refractivity contribution in [3.8, 4) is 0 Å². The Morgan fingerprint density at radius 3 is 2.48 bits per heavy atom. The zero-order valence-electron chi connectivity index (χ0n) is 13.6. The summed E-state index contributed by atoms with van der Waals surface area (Å²) in [6, 6.07) is 7.66. The van der Waals surface area contributed by atoms with Gasteiger partial charge in [0, 0.05) is 6.04 Å². The van der Waals surface area contributed by atoms with Crippen LogP contribution in [0.5, 0.6) is 0 Å². The predicted octanol–water partition coefficient (Wildman–Crippen LogP) is 4.95. The Bertz CT molecular complexity index is 410. The van der Waals surface area contributed by atoms with E-state index >= 15 is 0 Å². The van der Waals surface area contributed by atoms with Gasteiger partial charge in [-0.3, -0.25) is 0 Å². The highest BCUT2D eigenvalue weighted by atomic mass is 19.1. The maximum Gasteiger partial charge on any atom is 0.126 e. The van der Waals surface area contributed by atoms with E-state index in [1.807, 2.05) is 12.1 Å². The van der Waals surface area contributed by atoms with Gasteiger partial charge in [0.05, 0.1) is 0 Å². The zero-order valence-corrected chi connectivity index (χ0v) is 13.6. The quantitative estimate of drug-likeness (QED) is 0.749. The van der Waals surface area contributed by atoms with Gasteiger partial charge in [-0.05, 0) is 49.3 Å². The molecular formula is C19H30FN. The van der Waals surface area contributed by atoms with Crippen molar-refractivity contribution < 1.29 is 4.39 Å². The molecule has 0 heterocycles. The first-order valence-corrected chi connectivity index (χ1v) is 8.71. The molecule has 0 saturated heterocycles. The fraction of sp³-hybridized carbons (Fsp3) is 0.684. The van der Waals surface area contributed by atoms with Gasteiger partial charge in [-0.15, -0.1) is 0 Å². The lowest BCUT2D eigenvalue weighted by molar-refractivity contribution is 0.213. The molecule has 1 atom stereocenters. The summed E-state index contributed by atoms with van der Waals surface area (Å²) in [4.78, 5) is 0. The van der Waals surface area contributed by atoms with Crippen molar-refractivity contribution in [1.29, 1.82) is 0 Å². The van der Waals surface area contributed by atoms with Gasteiger partial charge in [0.25, 0.3) is 0 Å². The highest BCUT2D eigenvalue weighted by Gasteiger charge is 2.27. The summed E-state index contributed by atoms with van der Waals surface area (Å²) in [7, 11) is 0. The van der Waals surface area contributed by atoms with Crippen molar-refractivity contribution in [2.45, 2.75) is 64.8 Å². The summed E-state index contributed by atoms with van der Waals surface area (Å²) in [6.45, 7) is 5.40. The number of hydrogen-bond acceptors (Lipinski definition) is 1. The van der Waals surface area contributed by atoms with E-state index in [0.29, 0.717) is 12.0 Å². The molecule has 0 aliphatic heterocycles. The Balaban J connectivity index is 1.95. The van der Waals surface area contributed by atoms with Gasteiger partial charge in [-0.1, -0.05) is 57.7 Å². The van der Waals surface area contributed by atoms with Gasteiger partial charge < -0.3 is 5.32 Å². The lowest BCUT2D eigenvalue weighted by Gasteiger charge is -2.34. The van der Waals surface area contributed by atoms with Crippen molar-refractivity contribution in [3.05, 3.63) is 35.6 Å². The van der Waals surface area contributed by atoms with Crippen molar-refractivity contribution in [1.82, 2.24) is 5.32 Å². The van der Waals surface area contributed by atoms with Crippen molar-refractivity contribution >= 4 is 0 Å². The average Bonchev–Trinajstić information content (AvgIpc) is 2.50. The van der Waals surface area contributed by atoms with Crippen molar-refractivity contribution in [2.75, 3.05) is 6.54 Å². The molecule has 2 rings (SSSR count). The molecular weight excluding hydrogens is 261 g/mol. The van der Waals surface area contributed by atoms with Crippen LogP contribution in [-0.2, 0) is 6.42 Å². The van der Waals surface area contributed by atoms with Crippen LogP contribution in [0.1, 0.15) is 57.9 Å². The van der Waals surface area contributed by atoms with E-state index in [-0.39, 0.29) is 5.82 Å². The van der Waals surface area contributed by atoms with Crippen LogP contribution in [0.2, 0.25) is 0 Å².